The van der Waals surface area contributed by atoms with Gasteiger partial charge in [0.1, 0.15) is 12.0 Å². The van der Waals surface area contributed by atoms with E-state index in [0.29, 0.717) is 43.3 Å². The Balaban J connectivity index is 1.52. The molecule has 8 heteroatoms. The van der Waals surface area contributed by atoms with Crippen LogP contribution in [0, 0.1) is 22.7 Å². The van der Waals surface area contributed by atoms with Crippen LogP contribution in [0.1, 0.15) is 30.0 Å². The SMILES string of the molecule is N#CCCN(CCC#N)c1ncnc(N2CCN(C(c3ccccc3)c3ccccc3)CC2)c1N. The molecule has 2 heterocycles. The van der Waals surface area contributed by atoms with Crippen LogP contribution < -0.4 is 15.5 Å². The summed E-state index contributed by atoms with van der Waals surface area (Å²) in [6.45, 7) is 4.24. The van der Waals surface area contributed by atoms with Gasteiger partial charge in [0.2, 0.25) is 0 Å². The lowest BCUT2D eigenvalue weighted by Crippen LogP contribution is -2.48. The van der Waals surface area contributed by atoms with Gasteiger partial charge in [-0.15, -0.1) is 0 Å². The van der Waals surface area contributed by atoms with E-state index in [1.807, 2.05) is 4.90 Å². The Kier molecular flexibility index (Phi) is 8.11. The van der Waals surface area contributed by atoms with Gasteiger partial charge in [-0.05, 0) is 11.1 Å². The van der Waals surface area contributed by atoms with E-state index in [1.54, 1.807) is 0 Å². The Morgan fingerprint density at radius 2 is 1.37 bits per heavy atom. The average molecular weight is 467 g/mol. The molecule has 0 bridgehead atoms. The summed E-state index contributed by atoms with van der Waals surface area (Å²) < 4.78 is 0. The molecule has 1 saturated heterocycles. The number of piperazine rings is 1. The quantitative estimate of drug-likeness (QED) is 0.509. The molecule has 0 atom stereocenters. The zero-order chi connectivity index (χ0) is 24.5. The van der Waals surface area contributed by atoms with Crippen LogP contribution in [0.5, 0.6) is 0 Å². The molecule has 1 aromatic heterocycles. The van der Waals surface area contributed by atoms with Gasteiger partial charge in [0, 0.05) is 39.3 Å². The Labute approximate surface area is 206 Å². The lowest BCUT2D eigenvalue weighted by atomic mass is 9.96. The maximum Gasteiger partial charge on any atom is 0.157 e. The van der Waals surface area contributed by atoms with Crippen molar-refractivity contribution in [2.45, 2.75) is 18.9 Å². The molecule has 0 amide bonds. The lowest BCUT2D eigenvalue weighted by Gasteiger charge is -2.40. The Morgan fingerprint density at radius 1 is 0.829 bits per heavy atom. The van der Waals surface area contributed by atoms with Crippen LogP contribution in [0.3, 0.4) is 0 Å². The van der Waals surface area contributed by atoms with E-state index in [9.17, 15) is 0 Å². The first-order chi connectivity index (χ1) is 17.2. The second kappa shape index (κ2) is 11.8. The van der Waals surface area contributed by atoms with Crippen LogP contribution in [0.25, 0.3) is 0 Å². The molecule has 35 heavy (non-hydrogen) atoms. The minimum absolute atomic E-state index is 0.185. The fourth-order valence-electron chi connectivity index (χ4n) is 4.65. The predicted octanol–water partition coefficient (Wildman–Crippen LogP) is 3.60. The van der Waals surface area contributed by atoms with E-state index in [2.05, 4.69) is 92.6 Å². The van der Waals surface area contributed by atoms with Gasteiger partial charge in [0.05, 0.1) is 31.0 Å². The van der Waals surface area contributed by atoms with Crippen LogP contribution in [0.4, 0.5) is 17.3 Å². The third-order valence-electron chi connectivity index (χ3n) is 6.34. The molecule has 3 aromatic rings. The molecular formula is C27H30N8. The van der Waals surface area contributed by atoms with Gasteiger partial charge in [-0.3, -0.25) is 4.90 Å². The van der Waals surface area contributed by atoms with Crippen molar-refractivity contribution in [1.29, 1.82) is 10.5 Å². The normalized spacial score (nSPS) is 13.9. The molecule has 2 aromatic carbocycles. The van der Waals surface area contributed by atoms with Crippen LogP contribution in [0.2, 0.25) is 0 Å². The van der Waals surface area contributed by atoms with E-state index >= 15 is 0 Å². The maximum atomic E-state index is 9.03. The van der Waals surface area contributed by atoms with E-state index in [-0.39, 0.29) is 6.04 Å². The molecule has 2 N–H and O–H groups in total. The van der Waals surface area contributed by atoms with Crippen LogP contribution in [-0.4, -0.2) is 54.1 Å². The van der Waals surface area contributed by atoms with Gasteiger partial charge in [0.25, 0.3) is 0 Å². The molecule has 1 fully saturated rings. The highest BCUT2D eigenvalue weighted by Crippen LogP contribution is 2.33. The van der Waals surface area contributed by atoms with E-state index in [0.717, 1.165) is 26.2 Å². The first-order valence-corrected chi connectivity index (χ1v) is 11.9. The lowest BCUT2D eigenvalue weighted by molar-refractivity contribution is 0.212. The molecule has 8 nitrogen and oxygen atoms in total. The minimum atomic E-state index is 0.185. The van der Waals surface area contributed by atoms with Crippen molar-refractivity contribution in [2.75, 3.05) is 54.8 Å². The van der Waals surface area contributed by atoms with Crippen LogP contribution in [-0.2, 0) is 0 Å². The number of nitrogens with zero attached hydrogens (tertiary/aromatic N) is 7. The number of nitrogen functional groups attached to an aromatic ring is 1. The number of aromatic nitrogens is 2. The smallest absolute Gasteiger partial charge is 0.157 e. The second-order valence-corrected chi connectivity index (χ2v) is 8.48. The molecule has 0 radical (unpaired) electrons. The molecule has 178 valence electrons. The van der Waals surface area contributed by atoms with Gasteiger partial charge in [-0.25, -0.2) is 9.97 Å². The standard InChI is InChI=1S/C27H30N8/c28-13-7-15-34(16-8-14-29)26-24(30)27(32-21-31-26)35-19-17-33(18-20-35)25(22-9-3-1-4-10-22)23-11-5-2-6-12-23/h1-6,9-12,21,25H,7-8,15-20,30H2. The van der Waals surface area contributed by atoms with Gasteiger partial charge >= 0.3 is 0 Å². The van der Waals surface area contributed by atoms with Crippen molar-refractivity contribution < 1.29 is 0 Å². The Hall–Kier alpha value is -4.14. The highest BCUT2D eigenvalue weighted by molar-refractivity contribution is 5.76. The van der Waals surface area contributed by atoms with Crippen molar-refractivity contribution in [3.63, 3.8) is 0 Å². The number of hydrogen-bond acceptors (Lipinski definition) is 8. The summed E-state index contributed by atoms with van der Waals surface area (Å²) in [5, 5.41) is 18.1. The van der Waals surface area contributed by atoms with Crippen molar-refractivity contribution >= 4 is 17.3 Å². The van der Waals surface area contributed by atoms with E-state index in [4.69, 9.17) is 16.3 Å². The Bertz CT molecular complexity index is 1100. The number of hydrogen-bond donors (Lipinski definition) is 1. The highest BCUT2D eigenvalue weighted by atomic mass is 15.3. The summed E-state index contributed by atoms with van der Waals surface area (Å²) >= 11 is 0. The molecular weight excluding hydrogens is 436 g/mol. The molecule has 0 spiro atoms. The summed E-state index contributed by atoms with van der Waals surface area (Å²) in [5.74, 6) is 1.30. The summed E-state index contributed by atoms with van der Waals surface area (Å²) in [7, 11) is 0. The third kappa shape index (κ3) is 5.68. The maximum absolute atomic E-state index is 9.03. The van der Waals surface area contributed by atoms with Gasteiger partial charge in [-0.1, -0.05) is 60.7 Å². The summed E-state index contributed by atoms with van der Waals surface area (Å²) in [4.78, 5) is 15.5. The Morgan fingerprint density at radius 3 is 1.89 bits per heavy atom. The van der Waals surface area contributed by atoms with Crippen LogP contribution >= 0.6 is 0 Å². The number of nitrogens with two attached hydrogens (primary N) is 1. The van der Waals surface area contributed by atoms with Crippen molar-refractivity contribution in [3.05, 3.63) is 78.1 Å². The van der Waals surface area contributed by atoms with Crippen molar-refractivity contribution in [1.82, 2.24) is 14.9 Å². The second-order valence-electron chi connectivity index (χ2n) is 8.48. The zero-order valence-electron chi connectivity index (χ0n) is 19.8. The van der Waals surface area contributed by atoms with Gasteiger partial charge < -0.3 is 15.5 Å². The largest absolute Gasteiger partial charge is 0.393 e. The van der Waals surface area contributed by atoms with Crippen LogP contribution in [0.15, 0.2) is 67.0 Å². The zero-order valence-corrected chi connectivity index (χ0v) is 19.8. The summed E-state index contributed by atoms with van der Waals surface area (Å²) in [5.41, 5.74) is 9.61. The molecule has 0 aliphatic carbocycles. The van der Waals surface area contributed by atoms with E-state index < -0.39 is 0 Å². The third-order valence-corrected chi connectivity index (χ3v) is 6.34. The number of anilines is 3. The summed E-state index contributed by atoms with van der Waals surface area (Å²) in [6, 6.07) is 25.7. The first kappa shape index (κ1) is 24.0. The average Bonchev–Trinajstić information content (AvgIpc) is 2.91. The predicted molar refractivity (Wildman–Crippen MR) is 138 cm³/mol. The molecule has 0 unspecified atom stereocenters. The number of benzene rings is 2. The van der Waals surface area contributed by atoms with Gasteiger partial charge in [0.15, 0.2) is 11.6 Å². The molecule has 1 aliphatic rings. The number of nitriles is 2. The topological polar surface area (TPSA) is 109 Å². The first-order valence-electron chi connectivity index (χ1n) is 11.9. The molecule has 0 saturated carbocycles. The minimum Gasteiger partial charge on any atom is -0.393 e. The van der Waals surface area contributed by atoms with E-state index in [1.165, 1.54) is 17.5 Å². The fraction of sp³-hybridized carbons (Fsp3) is 0.333. The monoisotopic (exact) mass is 466 g/mol. The fourth-order valence-corrected chi connectivity index (χ4v) is 4.65. The van der Waals surface area contributed by atoms with Gasteiger partial charge in [-0.2, -0.15) is 10.5 Å². The highest BCUT2D eigenvalue weighted by Gasteiger charge is 2.28. The van der Waals surface area contributed by atoms with Crippen molar-refractivity contribution in [2.24, 2.45) is 0 Å². The molecule has 1 aliphatic heterocycles. The van der Waals surface area contributed by atoms with Crippen molar-refractivity contribution in [3.8, 4) is 12.1 Å². The summed E-state index contributed by atoms with van der Waals surface area (Å²) in [6.07, 6.45) is 2.20. The molecule has 4 rings (SSSR count). The number of rotatable bonds is 9.